The molecule has 1 heterocycles. The molecule has 0 bridgehead atoms. The van der Waals surface area contributed by atoms with Crippen molar-refractivity contribution >= 4 is 34.8 Å². The van der Waals surface area contributed by atoms with E-state index >= 15 is 0 Å². The van der Waals surface area contributed by atoms with Gasteiger partial charge in [0.15, 0.2) is 0 Å². The molecule has 1 aliphatic rings. The molecule has 2 atom stereocenters. The maximum absolute atomic E-state index is 14.0. The molecule has 1 fully saturated rings. The average Bonchev–Trinajstić information content (AvgIpc) is 2.87. The highest BCUT2D eigenvalue weighted by atomic mass is 35.5. The van der Waals surface area contributed by atoms with E-state index in [4.69, 9.17) is 11.6 Å². The number of halogens is 1. The Labute approximate surface area is 231 Å². The highest BCUT2D eigenvalue weighted by Crippen LogP contribution is 2.39. The summed E-state index contributed by atoms with van der Waals surface area (Å²) in [5.41, 5.74) is 5.23. The van der Waals surface area contributed by atoms with Gasteiger partial charge in [-0.2, -0.15) is 0 Å². The van der Waals surface area contributed by atoms with Crippen molar-refractivity contribution < 1.29 is 9.59 Å². The van der Waals surface area contributed by atoms with Crippen molar-refractivity contribution in [1.82, 2.24) is 4.90 Å². The zero-order valence-electron chi connectivity index (χ0n) is 23.2. The molecule has 3 aromatic carbocycles. The van der Waals surface area contributed by atoms with Crippen LogP contribution in [0.3, 0.4) is 0 Å². The largest absolute Gasteiger partial charge is 0.378 e. The number of amides is 2. The summed E-state index contributed by atoms with van der Waals surface area (Å²) in [5, 5.41) is 3.60. The van der Waals surface area contributed by atoms with Crippen LogP contribution in [0.15, 0.2) is 66.7 Å². The van der Waals surface area contributed by atoms with Gasteiger partial charge in [-0.25, -0.2) is 0 Å². The van der Waals surface area contributed by atoms with Gasteiger partial charge in [0.25, 0.3) is 5.91 Å². The van der Waals surface area contributed by atoms with Crippen molar-refractivity contribution in [3.05, 3.63) is 94.0 Å². The first kappa shape index (κ1) is 27.7. The third kappa shape index (κ3) is 5.88. The topological polar surface area (TPSA) is 52.7 Å². The van der Waals surface area contributed by atoms with Crippen molar-refractivity contribution in [2.24, 2.45) is 5.92 Å². The maximum atomic E-state index is 14.0. The summed E-state index contributed by atoms with van der Waals surface area (Å²) in [7, 11) is 3.99. The molecule has 1 N–H and O–H groups in total. The van der Waals surface area contributed by atoms with Gasteiger partial charge in [-0.05, 0) is 72.2 Å². The molecular weight excluding hydrogens is 494 g/mol. The van der Waals surface area contributed by atoms with Crippen LogP contribution in [-0.2, 0) is 10.2 Å². The summed E-state index contributed by atoms with van der Waals surface area (Å²) in [5.74, 6) is -0.618. The molecule has 200 valence electrons. The maximum Gasteiger partial charge on any atom is 0.256 e. The van der Waals surface area contributed by atoms with E-state index in [0.717, 1.165) is 34.5 Å². The normalized spacial score (nSPS) is 17.7. The van der Waals surface area contributed by atoms with Crippen LogP contribution in [0.2, 0.25) is 5.02 Å². The van der Waals surface area contributed by atoms with E-state index in [2.05, 4.69) is 32.2 Å². The SMILES string of the molecule is Cc1cccc(Cl)c1C(=O)N1CCCC(C(=O)Nc2cccc(C(C)(C)C)c2)C1c1ccc(N(C)C)cc1. The number of anilines is 2. The molecule has 0 saturated carbocycles. The van der Waals surface area contributed by atoms with Crippen LogP contribution >= 0.6 is 11.6 Å². The van der Waals surface area contributed by atoms with Crippen LogP contribution in [0.25, 0.3) is 0 Å². The lowest BCUT2D eigenvalue weighted by Crippen LogP contribution is -2.46. The standard InChI is InChI=1S/C32H38ClN3O2/c1-21-10-7-14-27(33)28(21)31(38)36-19-9-13-26(29(36)22-15-17-25(18-16-22)35(5)6)30(37)34-24-12-8-11-23(20-24)32(2,3)4/h7-8,10-12,14-18,20,26,29H,9,13,19H2,1-6H3,(H,34,37). The fraction of sp³-hybridized carbons (Fsp3) is 0.375. The second-order valence-electron chi connectivity index (χ2n) is 11.4. The van der Waals surface area contributed by atoms with Gasteiger partial charge >= 0.3 is 0 Å². The summed E-state index contributed by atoms with van der Waals surface area (Å²) in [4.78, 5) is 31.7. The fourth-order valence-corrected chi connectivity index (χ4v) is 5.53. The summed E-state index contributed by atoms with van der Waals surface area (Å²) in [6.45, 7) is 8.93. The van der Waals surface area contributed by atoms with Crippen molar-refractivity contribution in [2.45, 2.75) is 52.0 Å². The first-order chi connectivity index (χ1) is 18.0. The third-order valence-electron chi connectivity index (χ3n) is 7.41. The number of carbonyl (C=O) groups excluding carboxylic acids is 2. The molecule has 2 amide bonds. The van der Waals surface area contributed by atoms with E-state index in [1.54, 1.807) is 6.07 Å². The molecular formula is C32H38ClN3O2. The summed E-state index contributed by atoms with van der Waals surface area (Å²) < 4.78 is 0. The number of likely N-dealkylation sites (tertiary alicyclic amines) is 1. The number of nitrogens with zero attached hydrogens (tertiary/aromatic N) is 2. The Morgan fingerprint density at radius 2 is 1.68 bits per heavy atom. The highest BCUT2D eigenvalue weighted by molar-refractivity contribution is 6.34. The molecule has 38 heavy (non-hydrogen) atoms. The molecule has 0 aliphatic carbocycles. The van der Waals surface area contributed by atoms with Gasteiger partial charge in [0, 0.05) is 32.0 Å². The van der Waals surface area contributed by atoms with Crippen LogP contribution in [0.4, 0.5) is 11.4 Å². The Kier molecular flexibility index (Phi) is 8.17. The minimum atomic E-state index is -0.408. The second kappa shape index (κ2) is 11.2. The number of hydrogen-bond acceptors (Lipinski definition) is 3. The summed E-state index contributed by atoms with van der Waals surface area (Å²) in [6, 6.07) is 21.3. The van der Waals surface area contributed by atoms with E-state index in [1.165, 1.54) is 0 Å². The van der Waals surface area contributed by atoms with Gasteiger partial charge in [0.2, 0.25) is 5.91 Å². The predicted molar refractivity (Wildman–Crippen MR) is 157 cm³/mol. The van der Waals surface area contributed by atoms with E-state index in [0.29, 0.717) is 23.6 Å². The third-order valence-corrected chi connectivity index (χ3v) is 7.73. The van der Waals surface area contributed by atoms with Gasteiger partial charge in [0.05, 0.1) is 22.5 Å². The van der Waals surface area contributed by atoms with E-state index in [9.17, 15) is 9.59 Å². The lowest BCUT2D eigenvalue weighted by atomic mass is 9.83. The first-order valence-corrected chi connectivity index (χ1v) is 13.6. The fourth-order valence-electron chi connectivity index (χ4n) is 5.22. The zero-order valence-corrected chi connectivity index (χ0v) is 24.0. The van der Waals surface area contributed by atoms with Gasteiger partial charge < -0.3 is 15.1 Å². The quantitative estimate of drug-likeness (QED) is 0.377. The summed E-state index contributed by atoms with van der Waals surface area (Å²) in [6.07, 6.45) is 1.43. The van der Waals surface area contributed by atoms with Gasteiger partial charge in [-0.1, -0.05) is 68.8 Å². The van der Waals surface area contributed by atoms with Crippen molar-refractivity contribution in [1.29, 1.82) is 0 Å². The van der Waals surface area contributed by atoms with E-state index < -0.39 is 12.0 Å². The number of benzene rings is 3. The average molecular weight is 532 g/mol. The number of aryl methyl sites for hydroxylation is 1. The lowest BCUT2D eigenvalue weighted by molar-refractivity contribution is -0.123. The van der Waals surface area contributed by atoms with Crippen molar-refractivity contribution in [3.8, 4) is 0 Å². The van der Waals surface area contributed by atoms with Crippen LogP contribution in [0.1, 0.15) is 66.7 Å². The molecule has 3 aromatic rings. The van der Waals surface area contributed by atoms with E-state index in [-0.39, 0.29) is 17.2 Å². The Morgan fingerprint density at radius 3 is 2.32 bits per heavy atom. The smallest absolute Gasteiger partial charge is 0.256 e. The number of hydrogen-bond donors (Lipinski definition) is 1. The Balaban J connectivity index is 1.72. The molecule has 6 heteroatoms. The monoisotopic (exact) mass is 531 g/mol. The van der Waals surface area contributed by atoms with Gasteiger partial charge in [0.1, 0.15) is 0 Å². The minimum absolute atomic E-state index is 0.0294. The van der Waals surface area contributed by atoms with Gasteiger partial charge in [-0.15, -0.1) is 0 Å². The molecule has 4 rings (SSSR count). The minimum Gasteiger partial charge on any atom is -0.378 e. The second-order valence-corrected chi connectivity index (χ2v) is 11.8. The Morgan fingerprint density at radius 1 is 1.00 bits per heavy atom. The Bertz CT molecular complexity index is 1290. The molecule has 1 saturated heterocycles. The molecule has 2 unspecified atom stereocenters. The van der Waals surface area contributed by atoms with E-state index in [1.807, 2.05) is 85.4 Å². The number of carbonyl (C=O) groups is 2. The van der Waals surface area contributed by atoms with Crippen LogP contribution in [-0.4, -0.2) is 37.4 Å². The van der Waals surface area contributed by atoms with Crippen molar-refractivity contribution in [2.75, 3.05) is 30.9 Å². The summed E-state index contributed by atoms with van der Waals surface area (Å²) >= 11 is 6.52. The van der Waals surface area contributed by atoms with Crippen LogP contribution in [0, 0.1) is 12.8 Å². The first-order valence-electron chi connectivity index (χ1n) is 13.2. The van der Waals surface area contributed by atoms with Crippen LogP contribution in [0.5, 0.6) is 0 Å². The lowest BCUT2D eigenvalue weighted by Gasteiger charge is -2.41. The number of rotatable bonds is 5. The number of nitrogens with one attached hydrogen (secondary N) is 1. The van der Waals surface area contributed by atoms with Gasteiger partial charge in [-0.3, -0.25) is 9.59 Å². The number of piperidine rings is 1. The predicted octanol–water partition coefficient (Wildman–Crippen LogP) is 7.24. The van der Waals surface area contributed by atoms with Crippen LogP contribution < -0.4 is 10.2 Å². The molecule has 0 spiro atoms. The molecule has 0 radical (unpaired) electrons. The zero-order chi connectivity index (χ0) is 27.6. The van der Waals surface area contributed by atoms with Crippen molar-refractivity contribution in [3.63, 3.8) is 0 Å². The molecule has 0 aromatic heterocycles. The molecule has 5 nitrogen and oxygen atoms in total. The molecule has 1 aliphatic heterocycles. The highest BCUT2D eigenvalue weighted by Gasteiger charge is 2.40. The Hall–Kier alpha value is -3.31.